The Bertz CT molecular complexity index is 458. The topological polar surface area (TPSA) is 38.1 Å². The molecule has 5 heteroatoms. The van der Waals surface area contributed by atoms with Crippen molar-refractivity contribution < 1.29 is 8.81 Å². The number of rotatable bonds is 3. The van der Waals surface area contributed by atoms with Gasteiger partial charge >= 0.3 is 0 Å². The summed E-state index contributed by atoms with van der Waals surface area (Å²) >= 11 is 3.21. The molecule has 1 N–H and O–H groups in total. The quantitative estimate of drug-likeness (QED) is 0.871. The average Bonchev–Trinajstić information content (AvgIpc) is 2.62. The number of halogens is 2. The number of pyridine rings is 1. The van der Waals surface area contributed by atoms with E-state index in [-0.39, 0.29) is 0 Å². The molecule has 78 valence electrons. The Morgan fingerprint density at radius 2 is 2.33 bits per heavy atom. The zero-order valence-corrected chi connectivity index (χ0v) is 9.29. The van der Waals surface area contributed by atoms with Gasteiger partial charge in [-0.15, -0.1) is 0 Å². The summed E-state index contributed by atoms with van der Waals surface area (Å²) in [6.45, 7) is 0.582. The number of anilines is 1. The van der Waals surface area contributed by atoms with Gasteiger partial charge < -0.3 is 9.73 Å². The van der Waals surface area contributed by atoms with E-state index in [0.29, 0.717) is 16.9 Å². The summed E-state index contributed by atoms with van der Waals surface area (Å²) in [5.74, 6) is -0.492. The number of furan rings is 1. The van der Waals surface area contributed by atoms with Crippen molar-refractivity contribution in [3.05, 3.63) is 46.8 Å². The van der Waals surface area contributed by atoms with Gasteiger partial charge in [0.15, 0.2) is 4.67 Å². The Morgan fingerprint density at radius 3 is 3.00 bits per heavy atom. The van der Waals surface area contributed by atoms with Crippen molar-refractivity contribution in [2.24, 2.45) is 0 Å². The number of nitrogens with zero attached hydrogens (tertiary/aromatic N) is 1. The molecule has 0 fully saturated rings. The standard InChI is InChI=1S/C10H8BrFN2O/c11-9-3-7(6-15-9)5-14-8-1-2-13-10(12)4-8/h1-4,6H,5H2,(H,13,14). The summed E-state index contributed by atoms with van der Waals surface area (Å²) < 4.78 is 18.5. The monoisotopic (exact) mass is 270 g/mol. The normalized spacial score (nSPS) is 10.3. The number of aromatic nitrogens is 1. The Labute approximate surface area is 94.5 Å². The highest BCUT2D eigenvalue weighted by atomic mass is 79.9. The van der Waals surface area contributed by atoms with Crippen LogP contribution in [0, 0.1) is 5.95 Å². The maximum absolute atomic E-state index is 12.7. The van der Waals surface area contributed by atoms with Crippen molar-refractivity contribution in [1.29, 1.82) is 0 Å². The lowest BCUT2D eigenvalue weighted by Crippen LogP contribution is -1.98. The minimum atomic E-state index is -0.492. The molecule has 0 saturated heterocycles. The van der Waals surface area contributed by atoms with E-state index in [1.807, 2.05) is 6.07 Å². The van der Waals surface area contributed by atoms with E-state index in [4.69, 9.17) is 4.42 Å². The minimum Gasteiger partial charge on any atom is -0.457 e. The molecule has 0 atom stereocenters. The third-order valence-corrected chi connectivity index (χ3v) is 2.26. The summed E-state index contributed by atoms with van der Waals surface area (Å²) in [6, 6.07) is 4.90. The van der Waals surface area contributed by atoms with Crippen LogP contribution in [0.1, 0.15) is 5.56 Å². The van der Waals surface area contributed by atoms with Gasteiger partial charge in [-0.05, 0) is 28.1 Å². The lowest BCUT2D eigenvalue weighted by atomic mass is 10.3. The van der Waals surface area contributed by atoms with E-state index in [1.54, 1.807) is 12.3 Å². The molecule has 0 aromatic carbocycles. The molecule has 15 heavy (non-hydrogen) atoms. The molecule has 0 aliphatic rings. The van der Waals surface area contributed by atoms with E-state index in [1.165, 1.54) is 12.3 Å². The third kappa shape index (κ3) is 2.79. The summed E-state index contributed by atoms with van der Waals surface area (Å²) in [5, 5.41) is 3.05. The second-order valence-corrected chi connectivity index (χ2v) is 3.76. The number of nitrogens with one attached hydrogen (secondary N) is 1. The van der Waals surface area contributed by atoms with Crippen LogP contribution in [0.3, 0.4) is 0 Å². The Kier molecular flexibility index (Phi) is 3.01. The van der Waals surface area contributed by atoms with Gasteiger partial charge in [-0.25, -0.2) is 4.98 Å². The molecular formula is C10H8BrFN2O. The van der Waals surface area contributed by atoms with Crippen LogP contribution in [0.4, 0.5) is 10.1 Å². The number of hydrogen-bond donors (Lipinski definition) is 1. The maximum atomic E-state index is 12.7. The van der Waals surface area contributed by atoms with E-state index in [2.05, 4.69) is 26.2 Å². The van der Waals surface area contributed by atoms with E-state index < -0.39 is 5.95 Å². The van der Waals surface area contributed by atoms with Crippen LogP contribution in [0.2, 0.25) is 0 Å². The van der Waals surface area contributed by atoms with Crippen molar-refractivity contribution in [2.45, 2.75) is 6.54 Å². The van der Waals surface area contributed by atoms with Gasteiger partial charge in [-0.2, -0.15) is 4.39 Å². The predicted octanol–water partition coefficient (Wildman–Crippen LogP) is 3.19. The zero-order valence-electron chi connectivity index (χ0n) is 7.71. The third-order valence-electron chi connectivity index (χ3n) is 1.84. The second-order valence-electron chi connectivity index (χ2n) is 2.98. The molecule has 3 nitrogen and oxygen atoms in total. The molecule has 0 amide bonds. The van der Waals surface area contributed by atoms with Crippen LogP contribution in [-0.4, -0.2) is 4.98 Å². The highest BCUT2D eigenvalue weighted by Gasteiger charge is 1.99. The van der Waals surface area contributed by atoms with Gasteiger partial charge in [-0.1, -0.05) is 0 Å². The highest BCUT2D eigenvalue weighted by molar-refractivity contribution is 9.10. The predicted molar refractivity (Wildman–Crippen MR) is 57.9 cm³/mol. The van der Waals surface area contributed by atoms with Crippen molar-refractivity contribution in [2.75, 3.05) is 5.32 Å². The molecular weight excluding hydrogens is 263 g/mol. The molecule has 0 spiro atoms. The zero-order chi connectivity index (χ0) is 10.7. The van der Waals surface area contributed by atoms with Gasteiger partial charge in [0.05, 0.1) is 6.26 Å². The van der Waals surface area contributed by atoms with Gasteiger partial charge in [0, 0.05) is 30.1 Å². The molecule has 0 bridgehead atoms. The fourth-order valence-corrected chi connectivity index (χ4v) is 1.54. The molecule has 0 radical (unpaired) electrons. The maximum Gasteiger partial charge on any atom is 0.214 e. The molecule has 2 aromatic heterocycles. The Morgan fingerprint density at radius 1 is 1.47 bits per heavy atom. The van der Waals surface area contributed by atoms with E-state index in [0.717, 1.165) is 5.56 Å². The molecule has 0 unspecified atom stereocenters. The van der Waals surface area contributed by atoms with Crippen molar-refractivity contribution in [3.63, 3.8) is 0 Å². The van der Waals surface area contributed by atoms with Gasteiger partial charge in [-0.3, -0.25) is 0 Å². The van der Waals surface area contributed by atoms with Crippen LogP contribution in [0.5, 0.6) is 0 Å². The summed E-state index contributed by atoms with van der Waals surface area (Å²) in [4.78, 5) is 3.47. The first-order valence-corrected chi connectivity index (χ1v) is 5.12. The average molecular weight is 271 g/mol. The molecule has 2 rings (SSSR count). The van der Waals surface area contributed by atoms with Crippen molar-refractivity contribution in [3.8, 4) is 0 Å². The fraction of sp³-hybridized carbons (Fsp3) is 0.100. The molecule has 0 aliphatic heterocycles. The molecule has 2 aromatic rings. The fourth-order valence-electron chi connectivity index (χ4n) is 1.16. The van der Waals surface area contributed by atoms with Gasteiger partial charge in [0.2, 0.25) is 5.95 Å². The minimum absolute atomic E-state index is 0.492. The van der Waals surface area contributed by atoms with Crippen molar-refractivity contribution in [1.82, 2.24) is 4.98 Å². The van der Waals surface area contributed by atoms with E-state index >= 15 is 0 Å². The second kappa shape index (κ2) is 4.44. The largest absolute Gasteiger partial charge is 0.457 e. The van der Waals surface area contributed by atoms with Crippen LogP contribution < -0.4 is 5.32 Å². The lowest BCUT2D eigenvalue weighted by molar-refractivity contribution is 0.539. The SMILES string of the molecule is Fc1cc(NCc2coc(Br)c2)ccn1. The van der Waals surface area contributed by atoms with Crippen LogP contribution in [-0.2, 0) is 6.54 Å². The van der Waals surface area contributed by atoms with E-state index in [9.17, 15) is 4.39 Å². The lowest BCUT2D eigenvalue weighted by Gasteiger charge is -2.03. The summed E-state index contributed by atoms with van der Waals surface area (Å²) in [7, 11) is 0. The van der Waals surface area contributed by atoms with Crippen LogP contribution >= 0.6 is 15.9 Å². The van der Waals surface area contributed by atoms with Gasteiger partial charge in [0.25, 0.3) is 0 Å². The summed E-state index contributed by atoms with van der Waals surface area (Å²) in [6.07, 6.45) is 3.05. The van der Waals surface area contributed by atoms with Crippen LogP contribution in [0.25, 0.3) is 0 Å². The first-order chi connectivity index (χ1) is 7.24. The summed E-state index contributed by atoms with van der Waals surface area (Å²) in [5.41, 5.74) is 1.68. The Hall–Kier alpha value is -1.36. The molecule has 2 heterocycles. The van der Waals surface area contributed by atoms with Gasteiger partial charge in [0.1, 0.15) is 0 Å². The molecule has 0 saturated carbocycles. The van der Waals surface area contributed by atoms with Crippen molar-refractivity contribution >= 4 is 21.6 Å². The first-order valence-electron chi connectivity index (χ1n) is 4.32. The molecule has 0 aliphatic carbocycles. The number of hydrogen-bond acceptors (Lipinski definition) is 3. The Balaban J connectivity index is 1.99. The first kappa shape index (κ1) is 10.2. The van der Waals surface area contributed by atoms with Crippen LogP contribution in [0.15, 0.2) is 39.7 Å². The highest BCUT2D eigenvalue weighted by Crippen LogP contribution is 2.15. The smallest absolute Gasteiger partial charge is 0.214 e.